The second-order valence-electron chi connectivity index (χ2n) is 8.34. The van der Waals surface area contributed by atoms with Crippen LogP contribution in [0.1, 0.15) is 39.5 Å². The molecular weight excluding hydrogens is 261 g/mol. The average Bonchev–Trinajstić information content (AvgIpc) is 3.04. The van der Waals surface area contributed by atoms with E-state index in [0.29, 0.717) is 24.2 Å². The van der Waals surface area contributed by atoms with E-state index in [-0.39, 0.29) is 0 Å². The Hall–Kier alpha value is -0.470. The zero-order valence-electron chi connectivity index (χ0n) is 12.2. The third kappa shape index (κ3) is 1.61. The Balaban J connectivity index is 1.53. The average molecular weight is 284 g/mol. The van der Waals surface area contributed by atoms with Crippen LogP contribution >= 0.6 is 0 Å². The topological polar surface area (TPSA) is 0 Å². The molecule has 7 atom stereocenters. The number of rotatable bonds is 2. The van der Waals surface area contributed by atoms with Crippen molar-refractivity contribution in [1.29, 1.82) is 0 Å². The zero-order chi connectivity index (χ0) is 14.3. The van der Waals surface area contributed by atoms with Crippen molar-refractivity contribution in [2.45, 2.75) is 45.7 Å². The summed E-state index contributed by atoms with van der Waals surface area (Å²) in [4.78, 5) is 0. The Morgan fingerprint density at radius 3 is 2.25 bits per heavy atom. The predicted molar refractivity (Wildman–Crippen MR) is 71.9 cm³/mol. The van der Waals surface area contributed by atoms with E-state index < -0.39 is 11.6 Å². The Morgan fingerprint density at radius 1 is 0.950 bits per heavy atom. The molecule has 0 nitrogen and oxygen atoms in total. The number of fused-ring (bicyclic) bond motifs is 9. The summed E-state index contributed by atoms with van der Waals surface area (Å²) in [5, 5.41) is 0. The fraction of sp³-hybridized carbons (Fsp3) is 0.882. The van der Waals surface area contributed by atoms with Crippen molar-refractivity contribution in [3.63, 3.8) is 0 Å². The van der Waals surface area contributed by atoms with Crippen LogP contribution in [-0.4, -0.2) is 6.18 Å². The van der Waals surface area contributed by atoms with Gasteiger partial charge in [-0.15, -0.1) is 0 Å². The van der Waals surface area contributed by atoms with Gasteiger partial charge in [0.25, 0.3) is 0 Å². The molecule has 0 spiro atoms. The maximum absolute atomic E-state index is 13.1. The van der Waals surface area contributed by atoms with Crippen LogP contribution in [0.5, 0.6) is 0 Å². The van der Waals surface area contributed by atoms with Gasteiger partial charge in [-0.3, -0.25) is 0 Å². The van der Waals surface area contributed by atoms with Gasteiger partial charge in [-0.05, 0) is 67.1 Å². The predicted octanol–water partition coefficient (Wildman–Crippen LogP) is 5.06. The first-order valence-electron chi connectivity index (χ1n) is 8.03. The number of hydrogen-bond donors (Lipinski definition) is 0. The Labute approximate surface area is 118 Å². The first kappa shape index (κ1) is 13.2. The molecule has 0 aliphatic heterocycles. The molecule has 0 saturated heterocycles. The van der Waals surface area contributed by atoms with Crippen molar-refractivity contribution in [1.82, 2.24) is 0 Å². The highest BCUT2D eigenvalue weighted by Gasteiger charge is 2.62. The van der Waals surface area contributed by atoms with Crippen LogP contribution in [-0.2, 0) is 0 Å². The molecule has 0 aromatic heterocycles. The van der Waals surface area contributed by atoms with E-state index >= 15 is 0 Å². The molecule has 3 heteroatoms. The Morgan fingerprint density at radius 2 is 1.60 bits per heavy atom. The van der Waals surface area contributed by atoms with E-state index in [1.54, 1.807) is 0 Å². The van der Waals surface area contributed by atoms with Gasteiger partial charge in [-0.2, -0.15) is 13.2 Å². The summed E-state index contributed by atoms with van der Waals surface area (Å²) in [7, 11) is 0. The molecule has 0 aromatic rings. The van der Waals surface area contributed by atoms with Crippen molar-refractivity contribution in [3.05, 3.63) is 12.2 Å². The number of alkyl halides is 3. The molecule has 7 unspecified atom stereocenters. The molecule has 0 heterocycles. The van der Waals surface area contributed by atoms with Crippen LogP contribution < -0.4 is 0 Å². The van der Waals surface area contributed by atoms with Gasteiger partial charge >= 0.3 is 6.18 Å². The summed E-state index contributed by atoms with van der Waals surface area (Å²) in [5.74, 6) is 4.60. The van der Waals surface area contributed by atoms with Gasteiger partial charge in [0.05, 0.1) is 5.41 Å². The van der Waals surface area contributed by atoms with Gasteiger partial charge in [-0.1, -0.05) is 26.0 Å². The Bertz CT molecular complexity index is 448. The first-order valence-corrected chi connectivity index (χ1v) is 8.03. The van der Waals surface area contributed by atoms with Crippen LogP contribution in [0.3, 0.4) is 0 Å². The molecule has 112 valence electrons. The summed E-state index contributed by atoms with van der Waals surface area (Å²) in [5.41, 5.74) is -1.52. The molecule has 0 amide bonds. The number of hydrogen-bond acceptors (Lipinski definition) is 0. The molecule has 0 aromatic carbocycles. The fourth-order valence-electron chi connectivity index (χ4n) is 6.16. The van der Waals surface area contributed by atoms with Crippen molar-refractivity contribution in [2.75, 3.05) is 0 Å². The van der Waals surface area contributed by atoms with E-state index in [1.165, 1.54) is 26.7 Å². The van der Waals surface area contributed by atoms with Crippen molar-refractivity contribution >= 4 is 0 Å². The van der Waals surface area contributed by atoms with E-state index in [2.05, 4.69) is 12.2 Å². The maximum Gasteiger partial charge on any atom is 0.393 e. The molecule has 4 aliphatic carbocycles. The van der Waals surface area contributed by atoms with Gasteiger partial charge in [-0.25, -0.2) is 0 Å². The summed E-state index contributed by atoms with van der Waals surface area (Å²) in [6, 6.07) is 0. The normalized spacial score (nSPS) is 49.1. The highest BCUT2D eigenvalue weighted by molar-refractivity contribution is 5.20. The lowest BCUT2D eigenvalue weighted by molar-refractivity contribution is -0.219. The minimum atomic E-state index is -4.07. The summed E-state index contributed by atoms with van der Waals surface area (Å²) >= 11 is 0. The fourth-order valence-corrected chi connectivity index (χ4v) is 6.16. The second kappa shape index (κ2) is 3.84. The summed E-state index contributed by atoms with van der Waals surface area (Å²) in [6.45, 7) is 2.77. The molecule has 0 N–H and O–H groups in total. The number of halogens is 3. The van der Waals surface area contributed by atoms with Crippen LogP contribution in [0.2, 0.25) is 0 Å². The van der Waals surface area contributed by atoms with Crippen LogP contribution in [0, 0.1) is 46.8 Å². The first-order chi connectivity index (χ1) is 9.28. The molecule has 4 rings (SSSR count). The van der Waals surface area contributed by atoms with Gasteiger partial charge in [0.1, 0.15) is 0 Å². The summed E-state index contributed by atoms with van der Waals surface area (Å²) in [6.07, 6.45) is 4.58. The standard InChI is InChI=1S/C17H23F3/c1-16(2,17(18,19)20)8-12-6-11-7-13(12)15-10-4-3-9(5-10)14(11)15/h3-4,9-15H,5-8H2,1-2H3. The van der Waals surface area contributed by atoms with Crippen molar-refractivity contribution in [3.8, 4) is 0 Å². The SMILES string of the molecule is CC(C)(CC1CC2CC1C1C3C=CC(C3)C21)C(F)(F)F. The van der Waals surface area contributed by atoms with Gasteiger partial charge in [0.2, 0.25) is 0 Å². The molecule has 4 bridgehead atoms. The molecule has 4 aliphatic rings. The minimum Gasteiger partial charge on any atom is -0.171 e. The monoisotopic (exact) mass is 284 g/mol. The van der Waals surface area contributed by atoms with Gasteiger partial charge < -0.3 is 0 Å². The highest BCUT2D eigenvalue weighted by atomic mass is 19.4. The second-order valence-corrected chi connectivity index (χ2v) is 8.34. The van der Waals surface area contributed by atoms with E-state index in [9.17, 15) is 13.2 Å². The lowest BCUT2D eigenvalue weighted by Crippen LogP contribution is -2.38. The van der Waals surface area contributed by atoms with E-state index in [4.69, 9.17) is 0 Å². The van der Waals surface area contributed by atoms with Gasteiger partial charge in [0, 0.05) is 0 Å². The van der Waals surface area contributed by atoms with Crippen LogP contribution in [0.15, 0.2) is 12.2 Å². The largest absolute Gasteiger partial charge is 0.393 e. The lowest BCUT2D eigenvalue weighted by atomic mass is 9.66. The summed E-state index contributed by atoms with van der Waals surface area (Å²) < 4.78 is 39.4. The molecule has 3 fully saturated rings. The zero-order valence-corrected chi connectivity index (χ0v) is 12.2. The van der Waals surface area contributed by atoms with E-state index in [1.807, 2.05) is 0 Å². The van der Waals surface area contributed by atoms with Crippen LogP contribution in [0.25, 0.3) is 0 Å². The molecular formula is C17H23F3. The molecule has 20 heavy (non-hydrogen) atoms. The van der Waals surface area contributed by atoms with E-state index in [0.717, 1.165) is 30.1 Å². The van der Waals surface area contributed by atoms with Crippen molar-refractivity contribution in [2.24, 2.45) is 46.8 Å². The van der Waals surface area contributed by atoms with Crippen molar-refractivity contribution < 1.29 is 13.2 Å². The maximum atomic E-state index is 13.1. The Kier molecular flexibility index (Phi) is 2.53. The number of allylic oxidation sites excluding steroid dienone is 2. The lowest BCUT2D eigenvalue weighted by Gasteiger charge is -2.40. The molecule has 3 saturated carbocycles. The quantitative estimate of drug-likeness (QED) is 0.491. The third-order valence-electron chi connectivity index (χ3n) is 6.95. The minimum absolute atomic E-state index is 0.311. The van der Waals surface area contributed by atoms with Crippen LogP contribution in [0.4, 0.5) is 13.2 Å². The smallest absolute Gasteiger partial charge is 0.171 e. The third-order valence-corrected chi connectivity index (χ3v) is 6.95. The van der Waals surface area contributed by atoms with Gasteiger partial charge in [0.15, 0.2) is 0 Å². The molecule has 0 radical (unpaired) electrons. The highest BCUT2D eigenvalue weighted by Crippen LogP contribution is 2.68.